The molecular formula is C19H19F3O2. The van der Waals surface area contributed by atoms with Crippen LogP contribution in [-0.2, 0) is 12.0 Å². The third kappa shape index (κ3) is 4.37. The van der Waals surface area contributed by atoms with E-state index < -0.39 is 17.4 Å². The number of carbonyl (C=O) groups is 1. The van der Waals surface area contributed by atoms with Crippen LogP contribution in [-0.4, -0.2) is 12.0 Å². The predicted molar refractivity (Wildman–Crippen MR) is 86.3 cm³/mol. The Hall–Kier alpha value is -2.30. The second-order valence-corrected chi connectivity index (χ2v) is 6.56. The minimum absolute atomic E-state index is 0.302. The zero-order chi connectivity index (χ0) is 18.0. The number of rotatable bonds is 4. The summed E-state index contributed by atoms with van der Waals surface area (Å²) in [4.78, 5) is 11.5. The van der Waals surface area contributed by atoms with Gasteiger partial charge < -0.3 is 4.74 Å². The van der Waals surface area contributed by atoms with Gasteiger partial charge in [-0.15, -0.1) is 0 Å². The van der Waals surface area contributed by atoms with Crippen molar-refractivity contribution in [1.29, 1.82) is 0 Å². The number of hydrogen-bond donors (Lipinski definition) is 0. The molecule has 0 N–H and O–H groups in total. The Balaban J connectivity index is 2.33. The molecule has 2 nitrogen and oxygen atoms in total. The lowest BCUT2D eigenvalue weighted by Crippen LogP contribution is -2.24. The zero-order valence-electron chi connectivity index (χ0n) is 13.8. The first-order chi connectivity index (χ1) is 11.1. The molecule has 0 aliphatic heterocycles. The molecule has 2 aromatic rings. The molecular weight excluding hydrogens is 317 g/mol. The van der Waals surface area contributed by atoms with Crippen LogP contribution in [0.5, 0.6) is 5.75 Å². The van der Waals surface area contributed by atoms with Crippen LogP contribution in [0.15, 0.2) is 48.5 Å². The number of ether oxygens (including phenoxy) is 1. The maximum Gasteiger partial charge on any atom is 0.454 e. The third-order valence-corrected chi connectivity index (χ3v) is 3.54. The van der Waals surface area contributed by atoms with Crippen molar-refractivity contribution in [1.82, 2.24) is 0 Å². The highest BCUT2D eigenvalue weighted by Crippen LogP contribution is 2.34. The van der Waals surface area contributed by atoms with Gasteiger partial charge in [0.25, 0.3) is 5.78 Å². The topological polar surface area (TPSA) is 26.3 Å². The van der Waals surface area contributed by atoms with Gasteiger partial charge in [0.15, 0.2) is 0 Å². The van der Waals surface area contributed by atoms with Gasteiger partial charge in [0, 0.05) is 11.1 Å². The molecule has 0 spiro atoms. The fourth-order valence-corrected chi connectivity index (χ4v) is 2.28. The molecule has 2 rings (SSSR count). The highest BCUT2D eigenvalue weighted by Gasteiger charge is 2.39. The summed E-state index contributed by atoms with van der Waals surface area (Å²) in [7, 11) is 0. The molecule has 2 aromatic carbocycles. The summed E-state index contributed by atoms with van der Waals surface area (Å²) in [6.07, 6.45) is -4.89. The smallest absolute Gasteiger partial charge is 0.454 e. The molecule has 0 saturated heterocycles. The van der Waals surface area contributed by atoms with E-state index in [1.165, 1.54) is 12.1 Å². The molecule has 0 saturated carbocycles. The molecule has 0 aliphatic rings. The standard InChI is InChI=1S/C19H19F3O2/c1-18(2,3)15-11-14(17(23)19(20,21)22)9-10-16(15)24-12-13-7-5-4-6-8-13/h4-11H,12H2,1-3H3. The van der Waals surface area contributed by atoms with Gasteiger partial charge >= 0.3 is 6.18 Å². The quantitative estimate of drug-likeness (QED) is 0.708. The molecule has 24 heavy (non-hydrogen) atoms. The highest BCUT2D eigenvalue weighted by atomic mass is 19.4. The number of benzene rings is 2. The van der Waals surface area contributed by atoms with E-state index in [4.69, 9.17) is 4.74 Å². The molecule has 0 amide bonds. The third-order valence-electron chi connectivity index (χ3n) is 3.54. The second kappa shape index (κ2) is 6.67. The maximum atomic E-state index is 12.7. The molecule has 0 bridgehead atoms. The van der Waals surface area contributed by atoms with Gasteiger partial charge in [-0.1, -0.05) is 51.1 Å². The number of alkyl halides is 3. The predicted octanol–water partition coefficient (Wildman–Crippen LogP) is 5.31. The normalized spacial score (nSPS) is 12.1. The van der Waals surface area contributed by atoms with Gasteiger partial charge in [-0.3, -0.25) is 4.79 Å². The van der Waals surface area contributed by atoms with E-state index >= 15 is 0 Å². The molecule has 128 valence electrons. The fourth-order valence-electron chi connectivity index (χ4n) is 2.28. The van der Waals surface area contributed by atoms with E-state index in [9.17, 15) is 18.0 Å². The molecule has 5 heteroatoms. The van der Waals surface area contributed by atoms with E-state index in [2.05, 4.69) is 0 Å². The van der Waals surface area contributed by atoms with Crippen LogP contribution in [0, 0.1) is 0 Å². The lowest BCUT2D eigenvalue weighted by Gasteiger charge is -2.24. The van der Waals surface area contributed by atoms with Crippen LogP contribution in [0.25, 0.3) is 0 Å². The van der Waals surface area contributed by atoms with Crippen molar-refractivity contribution < 1.29 is 22.7 Å². The van der Waals surface area contributed by atoms with Gasteiger partial charge in [-0.2, -0.15) is 13.2 Å². The van der Waals surface area contributed by atoms with Crippen LogP contribution < -0.4 is 4.74 Å². The van der Waals surface area contributed by atoms with Crippen LogP contribution in [0.3, 0.4) is 0 Å². The van der Waals surface area contributed by atoms with Gasteiger partial charge in [-0.05, 0) is 29.2 Å². The van der Waals surface area contributed by atoms with Gasteiger partial charge in [0.1, 0.15) is 12.4 Å². The number of hydrogen-bond acceptors (Lipinski definition) is 2. The zero-order valence-corrected chi connectivity index (χ0v) is 13.8. The molecule has 0 aliphatic carbocycles. The van der Waals surface area contributed by atoms with E-state index in [0.29, 0.717) is 17.9 Å². The van der Waals surface area contributed by atoms with Gasteiger partial charge in [0.2, 0.25) is 0 Å². The van der Waals surface area contributed by atoms with E-state index in [-0.39, 0.29) is 5.56 Å². The van der Waals surface area contributed by atoms with E-state index in [1.54, 1.807) is 0 Å². The summed E-state index contributed by atoms with van der Waals surface area (Å²) in [6.45, 7) is 5.88. The lowest BCUT2D eigenvalue weighted by molar-refractivity contribution is -0.0885. The van der Waals surface area contributed by atoms with Crippen LogP contribution in [0.2, 0.25) is 0 Å². The lowest BCUT2D eigenvalue weighted by atomic mass is 9.85. The monoisotopic (exact) mass is 336 g/mol. The number of Topliss-reactive ketones (excluding diaryl/α,β-unsaturated/α-hetero) is 1. The number of halogens is 3. The molecule has 0 aromatic heterocycles. The summed E-state index contributed by atoms with van der Waals surface area (Å²) in [5.74, 6) is -1.37. The molecule has 0 atom stereocenters. The van der Waals surface area contributed by atoms with Crippen molar-refractivity contribution in [3.05, 3.63) is 65.2 Å². The van der Waals surface area contributed by atoms with E-state index in [1.807, 2.05) is 51.1 Å². The Morgan fingerprint density at radius 3 is 2.17 bits per heavy atom. The summed E-state index contributed by atoms with van der Waals surface area (Å²) < 4.78 is 43.7. The number of carbonyl (C=O) groups excluding carboxylic acids is 1. The van der Waals surface area contributed by atoms with Crippen molar-refractivity contribution >= 4 is 5.78 Å². The Labute approximate surface area is 139 Å². The first kappa shape index (κ1) is 18.0. The second-order valence-electron chi connectivity index (χ2n) is 6.56. The average Bonchev–Trinajstić information content (AvgIpc) is 2.51. The molecule has 0 unspecified atom stereocenters. The Morgan fingerprint density at radius 1 is 1.00 bits per heavy atom. The Kier molecular flexibility index (Phi) is 5.02. The van der Waals surface area contributed by atoms with Crippen LogP contribution in [0.4, 0.5) is 13.2 Å². The maximum absolute atomic E-state index is 12.7. The molecule has 0 fully saturated rings. The summed E-state index contributed by atoms with van der Waals surface area (Å²) >= 11 is 0. The van der Waals surface area contributed by atoms with Crippen LogP contribution in [0.1, 0.15) is 42.3 Å². The Bertz CT molecular complexity index is 714. The first-order valence-electron chi connectivity index (χ1n) is 7.52. The van der Waals surface area contributed by atoms with Crippen molar-refractivity contribution in [2.24, 2.45) is 0 Å². The molecule has 0 heterocycles. The van der Waals surface area contributed by atoms with Crippen molar-refractivity contribution in [3.8, 4) is 5.75 Å². The van der Waals surface area contributed by atoms with Gasteiger partial charge in [-0.25, -0.2) is 0 Å². The highest BCUT2D eigenvalue weighted by molar-refractivity contribution is 6.00. The van der Waals surface area contributed by atoms with Crippen molar-refractivity contribution in [3.63, 3.8) is 0 Å². The van der Waals surface area contributed by atoms with Gasteiger partial charge in [0.05, 0.1) is 0 Å². The Morgan fingerprint density at radius 2 is 1.62 bits per heavy atom. The SMILES string of the molecule is CC(C)(C)c1cc(C(=O)C(F)(F)F)ccc1OCc1ccccc1. The molecule has 0 radical (unpaired) electrons. The summed E-state index contributed by atoms with van der Waals surface area (Å²) in [5.41, 5.74) is 0.675. The van der Waals surface area contributed by atoms with Crippen molar-refractivity contribution in [2.75, 3.05) is 0 Å². The summed E-state index contributed by atoms with van der Waals surface area (Å²) in [6, 6.07) is 13.3. The number of ketones is 1. The average molecular weight is 336 g/mol. The minimum atomic E-state index is -4.89. The largest absolute Gasteiger partial charge is 0.489 e. The first-order valence-corrected chi connectivity index (χ1v) is 7.52. The van der Waals surface area contributed by atoms with Crippen LogP contribution >= 0.6 is 0 Å². The summed E-state index contributed by atoms with van der Waals surface area (Å²) in [5, 5.41) is 0. The minimum Gasteiger partial charge on any atom is -0.489 e. The fraction of sp³-hybridized carbons (Fsp3) is 0.316. The van der Waals surface area contributed by atoms with Crippen molar-refractivity contribution in [2.45, 2.75) is 39.0 Å². The van der Waals surface area contributed by atoms with E-state index in [0.717, 1.165) is 11.6 Å².